The number of aromatic nitrogens is 1. The summed E-state index contributed by atoms with van der Waals surface area (Å²) in [6.07, 6.45) is 9.14. The Balaban J connectivity index is 0.000000461. The SMILES string of the molecule is CC.CC1CCCc2ccncc2C1. The summed E-state index contributed by atoms with van der Waals surface area (Å²) in [6.45, 7) is 6.34. The topological polar surface area (TPSA) is 12.9 Å². The number of nitrogens with zero attached hydrogens (tertiary/aromatic N) is 1. The zero-order chi connectivity index (χ0) is 10.4. The molecule has 0 radical (unpaired) electrons. The van der Waals surface area contributed by atoms with E-state index in [1.165, 1.54) is 36.8 Å². The Morgan fingerprint density at radius 3 is 2.86 bits per heavy atom. The highest BCUT2D eigenvalue weighted by molar-refractivity contribution is 5.24. The number of rotatable bonds is 0. The largest absolute Gasteiger partial charge is 0.264 e. The van der Waals surface area contributed by atoms with Gasteiger partial charge < -0.3 is 0 Å². The summed E-state index contributed by atoms with van der Waals surface area (Å²) in [5.41, 5.74) is 3.00. The third kappa shape index (κ3) is 2.83. The lowest BCUT2D eigenvalue weighted by Crippen LogP contribution is -1.97. The molecule has 1 aromatic heterocycles. The molecule has 1 atom stereocenters. The second kappa shape index (κ2) is 5.79. The summed E-state index contributed by atoms with van der Waals surface area (Å²) in [6, 6.07) is 2.17. The lowest BCUT2D eigenvalue weighted by molar-refractivity contribution is 0.526. The average molecular weight is 191 g/mol. The van der Waals surface area contributed by atoms with Crippen molar-refractivity contribution < 1.29 is 0 Å². The van der Waals surface area contributed by atoms with E-state index in [0.29, 0.717) is 0 Å². The quantitative estimate of drug-likeness (QED) is 0.571. The van der Waals surface area contributed by atoms with E-state index in [1.807, 2.05) is 26.2 Å². The van der Waals surface area contributed by atoms with Crippen molar-refractivity contribution in [2.24, 2.45) is 5.92 Å². The first-order chi connectivity index (χ1) is 6.86. The Labute approximate surface area is 87.6 Å². The molecule has 2 rings (SSSR count). The lowest BCUT2D eigenvalue weighted by atomic mass is 10.0. The van der Waals surface area contributed by atoms with Gasteiger partial charge in [-0.05, 0) is 42.4 Å². The summed E-state index contributed by atoms with van der Waals surface area (Å²) >= 11 is 0. The molecule has 0 fully saturated rings. The Bertz CT molecular complexity index is 268. The minimum absolute atomic E-state index is 0.843. The van der Waals surface area contributed by atoms with Gasteiger partial charge in [-0.25, -0.2) is 0 Å². The van der Waals surface area contributed by atoms with Gasteiger partial charge in [0.2, 0.25) is 0 Å². The fraction of sp³-hybridized carbons (Fsp3) is 0.615. The minimum Gasteiger partial charge on any atom is -0.264 e. The van der Waals surface area contributed by atoms with Crippen LogP contribution in [0.25, 0.3) is 0 Å². The van der Waals surface area contributed by atoms with Crippen LogP contribution in [0.2, 0.25) is 0 Å². The second-order valence-corrected chi connectivity index (χ2v) is 3.85. The molecule has 1 aliphatic carbocycles. The lowest BCUT2D eigenvalue weighted by Gasteiger charge is -2.06. The van der Waals surface area contributed by atoms with Crippen LogP contribution in [0.4, 0.5) is 0 Å². The van der Waals surface area contributed by atoms with Crippen LogP contribution in [0.1, 0.15) is 44.7 Å². The predicted molar refractivity (Wildman–Crippen MR) is 61.4 cm³/mol. The molecule has 1 aromatic rings. The molecule has 14 heavy (non-hydrogen) atoms. The van der Waals surface area contributed by atoms with Gasteiger partial charge in [0.25, 0.3) is 0 Å². The first kappa shape index (κ1) is 11.2. The van der Waals surface area contributed by atoms with Crippen LogP contribution in [-0.2, 0) is 12.8 Å². The maximum atomic E-state index is 4.17. The molecule has 1 heterocycles. The molecule has 0 bridgehead atoms. The number of aryl methyl sites for hydroxylation is 1. The zero-order valence-electron chi connectivity index (χ0n) is 9.59. The molecule has 78 valence electrons. The van der Waals surface area contributed by atoms with Crippen LogP contribution in [0.3, 0.4) is 0 Å². The summed E-state index contributed by atoms with van der Waals surface area (Å²) in [4.78, 5) is 4.17. The van der Waals surface area contributed by atoms with Crippen molar-refractivity contribution in [1.82, 2.24) is 4.98 Å². The second-order valence-electron chi connectivity index (χ2n) is 3.85. The van der Waals surface area contributed by atoms with Gasteiger partial charge in [-0.2, -0.15) is 0 Å². The first-order valence-electron chi connectivity index (χ1n) is 5.78. The fourth-order valence-electron chi connectivity index (χ4n) is 2.00. The zero-order valence-corrected chi connectivity index (χ0v) is 9.59. The van der Waals surface area contributed by atoms with E-state index in [-0.39, 0.29) is 0 Å². The number of hydrogen-bond donors (Lipinski definition) is 0. The van der Waals surface area contributed by atoms with E-state index in [2.05, 4.69) is 18.0 Å². The van der Waals surface area contributed by atoms with Crippen LogP contribution < -0.4 is 0 Å². The third-order valence-corrected chi connectivity index (χ3v) is 2.72. The Hall–Kier alpha value is -0.850. The molecule has 1 nitrogen and oxygen atoms in total. The van der Waals surface area contributed by atoms with E-state index in [1.54, 1.807) is 0 Å². The van der Waals surface area contributed by atoms with Gasteiger partial charge in [0.15, 0.2) is 0 Å². The van der Waals surface area contributed by atoms with Crippen molar-refractivity contribution >= 4 is 0 Å². The Morgan fingerprint density at radius 1 is 1.29 bits per heavy atom. The standard InChI is InChI=1S/C11H15N.C2H6/c1-9-3-2-4-10-5-6-12-8-11(10)7-9;1-2/h5-6,8-9H,2-4,7H2,1H3;1-2H3. The average Bonchev–Trinajstić information content (AvgIpc) is 2.41. The highest BCUT2D eigenvalue weighted by Crippen LogP contribution is 2.22. The normalized spacial score (nSPS) is 20.1. The number of pyridine rings is 1. The van der Waals surface area contributed by atoms with Gasteiger partial charge in [-0.3, -0.25) is 4.98 Å². The molecule has 1 unspecified atom stereocenters. The number of fused-ring (bicyclic) bond motifs is 1. The molecule has 0 aliphatic heterocycles. The van der Waals surface area contributed by atoms with Crippen molar-refractivity contribution in [2.75, 3.05) is 0 Å². The van der Waals surface area contributed by atoms with Gasteiger partial charge in [-0.1, -0.05) is 27.2 Å². The van der Waals surface area contributed by atoms with E-state index >= 15 is 0 Å². The van der Waals surface area contributed by atoms with Crippen LogP contribution in [0.5, 0.6) is 0 Å². The molecule has 1 aliphatic rings. The molecular weight excluding hydrogens is 170 g/mol. The molecule has 0 aromatic carbocycles. The number of hydrogen-bond acceptors (Lipinski definition) is 1. The molecule has 0 N–H and O–H groups in total. The van der Waals surface area contributed by atoms with E-state index < -0.39 is 0 Å². The predicted octanol–water partition coefficient (Wildman–Crippen LogP) is 3.62. The highest BCUT2D eigenvalue weighted by Gasteiger charge is 2.12. The van der Waals surface area contributed by atoms with Crippen molar-refractivity contribution in [3.63, 3.8) is 0 Å². The van der Waals surface area contributed by atoms with Crippen LogP contribution in [0.15, 0.2) is 18.5 Å². The van der Waals surface area contributed by atoms with Gasteiger partial charge in [-0.15, -0.1) is 0 Å². The van der Waals surface area contributed by atoms with Gasteiger partial charge >= 0.3 is 0 Å². The molecule has 0 saturated carbocycles. The van der Waals surface area contributed by atoms with Gasteiger partial charge in [0, 0.05) is 12.4 Å². The van der Waals surface area contributed by atoms with Gasteiger partial charge in [0.05, 0.1) is 0 Å². The summed E-state index contributed by atoms with van der Waals surface area (Å²) in [5, 5.41) is 0. The molecule has 0 saturated heterocycles. The van der Waals surface area contributed by atoms with E-state index in [9.17, 15) is 0 Å². The summed E-state index contributed by atoms with van der Waals surface area (Å²) < 4.78 is 0. The minimum atomic E-state index is 0.843. The Kier molecular flexibility index (Phi) is 4.64. The van der Waals surface area contributed by atoms with Crippen molar-refractivity contribution in [2.45, 2.75) is 46.5 Å². The maximum Gasteiger partial charge on any atom is 0.0302 e. The molecule has 0 spiro atoms. The monoisotopic (exact) mass is 191 g/mol. The molecule has 0 amide bonds. The highest BCUT2D eigenvalue weighted by atomic mass is 14.6. The molecular formula is C13H21N. The fourth-order valence-corrected chi connectivity index (χ4v) is 2.00. The molecule has 1 heteroatoms. The van der Waals surface area contributed by atoms with Crippen molar-refractivity contribution in [3.8, 4) is 0 Å². The van der Waals surface area contributed by atoms with Gasteiger partial charge in [0.1, 0.15) is 0 Å². The maximum absolute atomic E-state index is 4.17. The van der Waals surface area contributed by atoms with Crippen molar-refractivity contribution in [3.05, 3.63) is 29.6 Å². The van der Waals surface area contributed by atoms with Crippen LogP contribution in [-0.4, -0.2) is 4.98 Å². The smallest absolute Gasteiger partial charge is 0.0302 e. The third-order valence-electron chi connectivity index (χ3n) is 2.72. The van der Waals surface area contributed by atoms with E-state index in [0.717, 1.165) is 5.92 Å². The van der Waals surface area contributed by atoms with Crippen LogP contribution >= 0.6 is 0 Å². The van der Waals surface area contributed by atoms with Crippen molar-refractivity contribution in [1.29, 1.82) is 0 Å². The summed E-state index contributed by atoms with van der Waals surface area (Å²) in [5.74, 6) is 0.843. The summed E-state index contributed by atoms with van der Waals surface area (Å²) in [7, 11) is 0. The first-order valence-corrected chi connectivity index (χ1v) is 5.78. The Morgan fingerprint density at radius 2 is 2.07 bits per heavy atom. The van der Waals surface area contributed by atoms with Crippen LogP contribution in [0, 0.1) is 5.92 Å². The van der Waals surface area contributed by atoms with E-state index in [4.69, 9.17) is 0 Å².